The normalized spacial score (nSPS) is 10.6. The van der Waals surface area contributed by atoms with E-state index in [0.717, 1.165) is 29.7 Å². The highest BCUT2D eigenvalue weighted by atomic mass is 16.6. The summed E-state index contributed by atoms with van der Waals surface area (Å²) >= 11 is 0. The third kappa shape index (κ3) is 5.13. The third-order valence-corrected chi connectivity index (χ3v) is 4.33. The number of hydrogen-bond acceptors (Lipinski definition) is 6. The molecule has 0 saturated carbocycles. The van der Waals surface area contributed by atoms with Crippen molar-refractivity contribution in [2.45, 2.75) is 33.6 Å². The summed E-state index contributed by atoms with van der Waals surface area (Å²) in [7, 11) is 0. The van der Waals surface area contributed by atoms with Gasteiger partial charge < -0.3 is 14.8 Å². The van der Waals surface area contributed by atoms with E-state index in [0.29, 0.717) is 30.2 Å². The molecule has 0 radical (unpaired) electrons. The summed E-state index contributed by atoms with van der Waals surface area (Å²) in [5.41, 5.74) is 2.66. The van der Waals surface area contributed by atoms with Crippen LogP contribution in [-0.4, -0.2) is 29.4 Å². The first kappa shape index (κ1) is 20.4. The topological polar surface area (TPSA) is 86.5 Å². The second kappa shape index (κ2) is 9.73. The molecular formula is C22H25N3O4. The Balaban J connectivity index is 1.75. The highest BCUT2D eigenvalue weighted by Crippen LogP contribution is 2.29. The molecule has 3 rings (SSSR count). The van der Waals surface area contributed by atoms with Gasteiger partial charge in [-0.05, 0) is 72.5 Å². The Morgan fingerprint density at radius 1 is 1.10 bits per heavy atom. The van der Waals surface area contributed by atoms with E-state index < -0.39 is 0 Å². The van der Waals surface area contributed by atoms with E-state index in [9.17, 15) is 4.79 Å². The highest BCUT2D eigenvalue weighted by Gasteiger charge is 2.17. The summed E-state index contributed by atoms with van der Waals surface area (Å²) in [6, 6.07) is 12.7. The van der Waals surface area contributed by atoms with E-state index in [-0.39, 0.29) is 11.7 Å². The van der Waals surface area contributed by atoms with Gasteiger partial charge in [0.25, 0.3) is 5.91 Å². The number of anilines is 1. The Hall–Kier alpha value is -3.35. The molecule has 3 aromatic rings. The number of hydrogen-bond donors (Lipinski definition) is 1. The van der Waals surface area contributed by atoms with Crippen molar-refractivity contribution in [2.75, 3.05) is 18.5 Å². The van der Waals surface area contributed by atoms with Gasteiger partial charge in [0.2, 0.25) is 5.82 Å². The van der Waals surface area contributed by atoms with Crippen LogP contribution in [0.5, 0.6) is 11.5 Å². The number of benzene rings is 2. The number of aromatic nitrogens is 2. The molecule has 152 valence electrons. The minimum atomic E-state index is -0.314. The van der Waals surface area contributed by atoms with Crippen molar-refractivity contribution in [2.24, 2.45) is 0 Å². The lowest BCUT2D eigenvalue weighted by molar-refractivity contribution is 0.102. The maximum absolute atomic E-state index is 12.7. The SMILES string of the molecule is CCCCOc1cccc(C(=O)Nc2nonc2-c2ccc(OCC)c(C)c2)c1. The fourth-order valence-corrected chi connectivity index (χ4v) is 2.82. The number of amides is 1. The second-order valence-electron chi connectivity index (χ2n) is 6.56. The molecule has 0 aliphatic carbocycles. The van der Waals surface area contributed by atoms with Crippen LogP contribution in [0.3, 0.4) is 0 Å². The fraction of sp³-hybridized carbons (Fsp3) is 0.318. The smallest absolute Gasteiger partial charge is 0.257 e. The standard InChI is InChI=1S/C22H25N3O4/c1-4-6-12-28-18-9-7-8-17(14-18)22(26)23-21-20(24-29-25-21)16-10-11-19(27-5-2)15(3)13-16/h7-11,13-14H,4-6,12H2,1-3H3,(H,23,25,26). The Labute approximate surface area is 170 Å². The van der Waals surface area contributed by atoms with Crippen molar-refractivity contribution in [1.82, 2.24) is 10.3 Å². The van der Waals surface area contributed by atoms with E-state index in [4.69, 9.17) is 14.1 Å². The van der Waals surface area contributed by atoms with Crippen LogP contribution in [0.2, 0.25) is 0 Å². The minimum absolute atomic E-state index is 0.260. The van der Waals surface area contributed by atoms with Crippen LogP contribution in [0, 0.1) is 6.92 Å². The van der Waals surface area contributed by atoms with Gasteiger partial charge >= 0.3 is 0 Å². The maximum atomic E-state index is 12.7. The fourth-order valence-electron chi connectivity index (χ4n) is 2.82. The van der Waals surface area contributed by atoms with Gasteiger partial charge in [-0.3, -0.25) is 4.79 Å². The van der Waals surface area contributed by atoms with Crippen molar-refractivity contribution in [1.29, 1.82) is 0 Å². The van der Waals surface area contributed by atoms with Crippen molar-refractivity contribution < 1.29 is 18.9 Å². The van der Waals surface area contributed by atoms with E-state index >= 15 is 0 Å². The third-order valence-electron chi connectivity index (χ3n) is 4.33. The van der Waals surface area contributed by atoms with Crippen LogP contribution in [0.4, 0.5) is 5.82 Å². The molecule has 1 amide bonds. The Kier molecular flexibility index (Phi) is 6.84. The lowest BCUT2D eigenvalue weighted by atomic mass is 10.1. The van der Waals surface area contributed by atoms with Gasteiger partial charge in [0.05, 0.1) is 13.2 Å². The number of ether oxygens (including phenoxy) is 2. The van der Waals surface area contributed by atoms with Gasteiger partial charge in [0.15, 0.2) is 5.69 Å². The van der Waals surface area contributed by atoms with Gasteiger partial charge in [-0.1, -0.05) is 19.4 Å². The molecule has 0 saturated heterocycles. The lowest BCUT2D eigenvalue weighted by Crippen LogP contribution is -2.13. The molecule has 1 N–H and O–H groups in total. The predicted octanol–water partition coefficient (Wildman–Crippen LogP) is 4.87. The summed E-state index contributed by atoms with van der Waals surface area (Å²) in [5.74, 6) is 1.41. The van der Waals surface area contributed by atoms with Crippen LogP contribution >= 0.6 is 0 Å². The lowest BCUT2D eigenvalue weighted by Gasteiger charge is -2.09. The van der Waals surface area contributed by atoms with Crippen LogP contribution in [0.1, 0.15) is 42.6 Å². The van der Waals surface area contributed by atoms with Gasteiger partial charge in [0.1, 0.15) is 11.5 Å². The van der Waals surface area contributed by atoms with E-state index in [2.05, 4.69) is 22.6 Å². The molecular weight excluding hydrogens is 370 g/mol. The molecule has 0 atom stereocenters. The number of carbonyl (C=O) groups excluding carboxylic acids is 1. The summed E-state index contributed by atoms with van der Waals surface area (Å²) < 4.78 is 16.1. The van der Waals surface area contributed by atoms with E-state index in [1.54, 1.807) is 18.2 Å². The largest absolute Gasteiger partial charge is 0.494 e. The molecule has 0 aliphatic heterocycles. The molecule has 0 bridgehead atoms. The number of unbranched alkanes of at least 4 members (excludes halogenated alkanes) is 1. The molecule has 1 heterocycles. The quantitative estimate of drug-likeness (QED) is 0.520. The number of nitrogens with one attached hydrogen (secondary N) is 1. The van der Waals surface area contributed by atoms with E-state index in [1.165, 1.54) is 0 Å². The Morgan fingerprint density at radius 3 is 2.72 bits per heavy atom. The van der Waals surface area contributed by atoms with Crippen molar-refractivity contribution in [3.05, 3.63) is 53.6 Å². The average molecular weight is 395 g/mol. The zero-order chi connectivity index (χ0) is 20.6. The van der Waals surface area contributed by atoms with Gasteiger partial charge in [-0.2, -0.15) is 0 Å². The van der Waals surface area contributed by atoms with Gasteiger partial charge in [-0.15, -0.1) is 0 Å². The van der Waals surface area contributed by atoms with Gasteiger partial charge in [0, 0.05) is 11.1 Å². The molecule has 0 unspecified atom stereocenters. The number of nitrogens with zero attached hydrogens (tertiary/aromatic N) is 2. The Morgan fingerprint density at radius 2 is 1.97 bits per heavy atom. The summed E-state index contributed by atoms with van der Waals surface area (Å²) in [6.07, 6.45) is 2.01. The van der Waals surface area contributed by atoms with Crippen LogP contribution < -0.4 is 14.8 Å². The van der Waals surface area contributed by atoms with Gasteiger partial charge in [-0.25, -0.2) is 4.63 Å². The summed E-state index contributed by atoms with van der Waals surface area (Å²) in [4.78, 5) is 12.7. The van der Waals surface area contributed by atoms with Crippen molar-refractivity contribution >= 4 is 11.7 Å². The van der Waals surface area contributed by atoms with Crippen LogP contribution in [-0.2, 0) is 0 Å². The summed E-state index contributed by atoms with van der Waals surface area (Å²) in [5, 5.41) is 10.6. The van der Waals surface area contributed by atoms with Crippen LogP contribution in [0.25, 0.3) is 11.3 Å². The molecule has 0 fully saturated rings. The molecule has 0 spiro atoms. The molecule has 0 aliphatic rings. The number of carbonyl (C=O) groups is 1. The molecule has 7 heteroatoms. The number of aryl methyl sites for hydroxylation is 1. The average Bonchev–Trinajstić information content (AvgIpc) is 3.18. The molecule has 7 nitrogen and oxygen atoms in total. The zero-order valence-corrected chi connectivity index (χ0v) is 16.9. The Bertz CT molecular complexity index is 968. The molecule has 2 aromatic carbocycles. The molecule has 29 heavy (non-hydrogen) atoms. The first-order chi connectivity index (χ1) is 14.1. The van der Waals surface area contributed by atoms with E-state index in [1.807, 2.05) is 38.1 Å². The molecule has 1 aromatic heterocycles. The van der Waals surface area contributed by atoms with Crippen LogP contribution in [0.15, 0.2) is 47.1 Å². The first-order valence-corrected chi connectivity index (χ1v) is 9.73. The minimum Gasteiger partial charge on any atom is -0.494 e. The monoisotopic (exact) mass is 395 g/mol. The van der Waals surface area contributed by atoms with Crippen molar-refractivity contribution in [3.63, 3.8) is 0 Å². The first-order valence-electron chi connectivity index (χ1n) is 9.73. The second-order valence-corrected chi connectivity index (χ2v) is 6.56. The summed E-state index contributed by atoms with van der Waals surface area (Å²) in [6.45, 7) is 7.20. The predicted molar refractivity (Wildman–Crippen MR) is 110 cm³/mol. The zero-order valence-electron chi connectivity index (χ0n) is 16.9. The number of rotatable bonds is 9. The highest BCUT2D eigenvalue weighted by molar-refractivity contribution is 6.05. The van der Waals surface area contributed by atoms with Crippen molar-refractivity contribution in [3.8, 4) is 22.8 Å². The maximum Gasteiger partial charge on any atom is 0.257 e.